The van der Waals surface area contributed by atoms with Crippen LogP contribution >= 0.6 is 11.6 Å². The van der Waals surface area contributed by atoms with Crippen LogP contribution in [0.25, 0.3) is 11.0 Å². The van der Waals surface area contributed by atoms with Gasteiger partial charge in [-0.1, -0.05) is 11.6 Å². The molecule has 0 unspecified atom stereocenters. The molecule has 0 spiro atoms. The van der Waals surface area contributed by atoms with Crippen molar-refractivity contribution in [2.75, 3.05) is 5.32 Å². The molecular weight excluding hydrogens is 258 g/mol. The van der Waals surface area contributed by atoms with Gasteiger partial charge in [-0.2, -0.15) is 0 Å². The van der Waals surface area contributed by atoms with Gasteiger partial charge in [-0.25, -0.2) is 4.98 Å². The minimum atomic E-state index is -0.472. The van der Waals surface area contributed by atoms with E-state index >= 15 is 0 Å². The van der Waals surface area contributed by atoms with Gasteiger partial charge in [0.05, 0.1) is 34.5 Å². The summed E-state index contributed by atoms with van der Waals surface area (Å²) in [5.74, 6) is -0.723. The molecule has 0 fully saturated rings. The highest BCUT2D eigenvalue weighted by atomic mass is 35.5. The van der Waals surface area contributed by atoms with Gasteiger partial charge < -0.3 is 15.3 Å². The molecule has 7 heteroatoms. The molecule has 94 valence electrons. The van der Waals surface area contributed by atoms with Crippen molar-refractivity contribution in [2.24, 2.45) is 0 Å². The highest BCUT2D eigenvalue weighted by Crippen LogP contribution is 2.27. The van der Waals surface area contributed by atoms with Gasteiger partial charge in [0, 0.05) is 0 Å². The van der Waals surface area contributed by atoms with Crippen LogP contribution in [0.1, 0.15) is 13.3 Å². The Bertz CT molecular complexity index is 636. The summed E-state index contributed by atoms with van der Waals surface area (Å²) in [6.45, 7) is 1.32. The molecule has 2 rings (SSSR count). The lowest BCUT2D eigenvalue weighted by Crippen LogP contribution is -2.15. The number of rotatable bonds is 3. The van der Waals surface area contributed by atoms with Gasteiger partial charge >= 0.3 is 0 Å². The Kier molecular flexibility index (Phi) is 3.20. The van der Waals surface area contributed by atoms with E-state index in [2.05, 4.69) is 10.3 Å². The summed E-state index contributed by atoms with van der Waals surface area (Å²) in [4.78, 5) is 26.1. The molecule has 6 nitrogen and oxygen atoms in total. The number of carbonyl (C=O) groups is 2. The predicted molar refractivity (Wildman–Crippen MR) is 67.4 cm³/mol. The molecule has 0 aliphatic heterocycles. The predicted octanol–water partition coefficient (Wildman–Crippen LogP) is 1.95. The number of halogens is 1. The highest BCUT2D eigenvalue weighted by molar-refractivity contribution is 6.34. The van der Waals surface area contributed by atoms with Crippen LogP contribution in [0.5, 0.6) is 0 Å². The van der Waals surface area contributed by atoms with E-state index in [4.69, 9.17) is 11.6 Å². The Morgan fingerprint density at radius 3 is 2.89 bits per heavy atom. The van der Waals surface area contributed by atoms with Crippen LogP contribution in [-0.2, 0) is 9.59 Å². The van der Waals surface area contributed by atoms with E-state index < -0.39 is 5.91 Å². The van der Waals surface area contributed by atoms with Crippen LogP contribution < -0.4 is 5.32 Å². The minimum Gasteiger partial charge on any atom is -0.805 e. The monoisotopic (exact) mass is 266 g/mol. The molecule has 0 saturated carbocycles. The Morgan fingerprint density at radius 2 is 2.22 bits per heavy atom. The summed E-state index contributed by atoms with van der Waals surface area (Å²) in [7, 11) is 0. The number of hydrogen-bond acceptors (Lipinski definition) is 4. The van der Waals surface area contributed by atoms with E-state index in [1.807, 2.05) is 0 Å². The van der Waals surface area contributed by atoms with Gasteiger partial charge in [-0.15, -0.1) is 0 Å². The summed E-state index contributed by atoms with van der Waals surface area (Å²) in [5, 5.41) is 14.1. The lowest BCUT2D eigenvalue weighted by atomic mass is 10.2. The van der Waals surface area contributed by atoms with Crippen LogP contribution in [0.2, 0.25) is 5.02 Å². The van der Waals surface area contributed by atoms with Crippen molar-refractivity contribution in [3.8, 4) is 0 Å². The van der Waals surface area contributed by atoms with Gasteiger partial charge in [0.1, 0.15) is 5.78 Å². The third-order valence-corrected chi connectivity index (χ3v) is 2.60. The molecule has 0 radical (unpaired) electrons. The van der Waals surface area contributed by atoms with Crippen molar-refractivity contribution in [2.45, 2.75) is 13.3 Å². The fourth-order valence-corrected chi connectivity index (χ4v) is 1.73. The summed E-state index contributed by atoms with van der Waals surface area (Å²) < 4.78 is 0.576. The molecule has 1 N–H and O–H groups in total. The maximum atomic E-state index is 11.4. The van der Waals surface area contributed by atoms with Crippen molar-refractivity contribution in [1.29, 1.82) is 0 Å². The van der Waals surface area contributed by atoms with Crippen LogP contribution in [0.4, 0.5) is 5.69 Å². The minimum absolute atomic E-state index is 0.231. The van der Waals surface area contributed by atoms with E-state index in [-0.39, 0.29) is 22.9 Å². The molecule has 1 aromatic heterocycles. The second-order valence-electron chi connectivity index (χ2n) is 3.82. The smallest absolute Gasteiger partial charge is 0.231 e. The average Bonchev–Trinajstić information content (AvgIpc) is 2.60. The Balaban J connectivity index is 2.32. The number of nitrogens with zero attached hydrogens (tertiary/aromatic N) is 2. The van der Waals surface area contributed by atoms with E-state index in [0.717, 1.165) is 6.33 Å². The Morgan fingerprint density at radius 1 is 1.50 bits per heavy atom. The Hall–Kier alpha value is -2.08. The normalized spacial score (nSPS) is 10.6. The third-order valence-electron chi connectivity index (χ3n) is 2.29. The van der Waals surface area contributed by atoms with Crippen LogP contribution in [0.3, 0.4) is 0 Å². The highest BCUT2D eigenvalue weighted by Gasteiger charge is 2.10. The van der Waals surface area contributed by atoms with E-state index in [0.29, 0.717) is 15.8 Å². The summed E-state index contributed by atoms with van der Waals surface area (Å²) >= 11 is 5.94. The number of fused-ring (bicyclic) bond motifs is 1. The standard InChI is InChI=1S/C11H9ClN3O3/c1-6(16)2-11(17)14-8-4-10-9(3-7(8)12)13-5-15(10)18/h3-5H,2H2,1H3,(H,14,17)/q-1. The van der Waals surface area contributed by atoms with E-state index in [1.165, 1.54) is 19.1 Å². The summed E-state index contributed by atoms with van der Waals surface area (Å²) in [5.41, 5.74) is 1.03. The van der Waals surface area contributed by atoms with Crippen molar-refractivity contribution in [3.63, 3.8) is 0 Å². The molecule has 0 aliphatic rings. The first-order chi connectivity index (χ1) is 8.47. The maximum Gasteiger partial charge on any atom is 0.231 e. The fourth-order valence-electron chi connectivity index (χ4n) is 1.52. The molecule has 0 atom stereocenters. The zero-order valence-corrected chi connectivity index (χ0v) is 10.2. The van der Waals surface area contributed by atoms with Crippen molar-refractivity contribution in [3.05, 3.63) is 28.7 Å². The topological polar surface area (TPSA) is 87.0 Å². The van der Waals surface area contributed by atoms with Crippen molar-refractivity contribution in [1.82, 2.24) is 9.71 Å². The van der Waals surface area contributed by atoms with Crippen molar-refractivity contribution >= 4 is 40.0 Å². The molecule has 1 aromatic carbocycles. The molecule has 0 bridgehead atoms. The molecule has 0 aliphatic carbocycles. The number of amides is 1. The Labute approximate surface area is 107 Å². The molecular formula is C11H9ClN3O3-. The van der Waals surface area contributed by atoms with Crippen LogP contribution in [0, 0.1) is 5.21 Å². The number of nitrogens with one attached hydrogen (secondary N) is 1. The van der Waals surface area contributed by atoms with Crippen LogP contribution in [0.15, 0.2) is 18.5 Å². The SMILES string of the molecule is CC(=O)CC(=O)Nc1cc2c(cc1Cl)ncn2[O-]. The number of anilines is 1. The number of carbonyl (C=O) groups excluding carboxylic acids is 2. The lowest BCUT2D eigenvalue weighted by molar-refractivity contribution is -0.124. The number of Topliss-reactive ketones (excluding diaryl/α,β-unsaturated/α-hetero) is 1. The lowest BCUT2D eigenvalue weighted by Gasteiger charge is -2.10. The number of aromatic nitrogens is 2. The van der Waals surface area contributed by atoms with Gasteiger partial charge in [0.2, 0.25) is 5.91 Å². The second-order valence-corrected chi connectivity index (χ2v) is 4.23. The summed E-state index contributed by atoms with van der Waals surface area (Å²) in [6.07, 6.45) is 0.882. The van der Waals surface area contributed by atoms with Crippen molar-refractivity contribution < 1.29 is 9.59 Å². The zero-order chi connectivity index (χ0) is 13.3. The number of benzene rings is 1. The van der Waals surface area contributed by atoms with E-state index in [1.54, 1.807) is 0 Å². The van der Waals surface area contributed by atoms with Crippen LogP contribution in [-0.4, -0.2) is 21.4 Å². The molecule has 2 aromatic rings. The quantitative estimate of drug-likeness (QED) is 0.860. The number of hydrogen-bond donors (Lipinski definition) is 1. The summed E-state index contributed by atoms with van der Waals surface area (Å²) in [6, 6.07) is 2.91. The first-order valence-electron chi connectivity index (χ1n) is 5.11. The first-order valence-corrected chi connectivity index (χ1v) is 5.48. The van der Waals surface area contributed by atoms with E-state index in [9.17, 15) is 14.8 Å². The van der Waals surface area contributed by atoms with Gasteiger partial charge in [0.15, 0.2) is 0 Å². The molecule has 1 amide bonds. The average molecular weight is 267 g/mol. The van der Waals surface area contributed by atoms with Gasteiger partial charge in [0.25, 0.3) is 0 Å². The number of ketones is 1. The second kappa shape index (κ2) is 4.66. The first kappa shape index (κ1) is 12.4. The molecule has 0 saturated heterocycles. The number of imidazole rings is 1. The third kappa shape index (κ3) is 2.43. The largest absolute Gasteiger partial charge is 0.805 e. The molecule has 1 heterocycles. The zero-order valence-electron chi connectivity index (χ0n) is 9.44. The maximum absolute atomic E-state index is 11.4. The van der Waals surface area contributed by atoms with Gasteiger partial charge in [-0.05, 0) is 19.1 Å². The van der Waals surface area contributed by atoms with Gasteiger partial charge in [-0.3, -0.25) is 9.59 Å². The fraction of sp³-hybridized carbons (Fsp3) is 0.182. The molecule has 18 heavy (non-hydrogen) atoms.